The Labute approximate surface area is 204 Å². The van der Waals surface area contributed by atoms with Gasteiger partial charge in [0.25, 0.3) is 0 Å². The van der Waals surface area contributed by atoms with Crippen LogP contribution in [-0.2, 0) is 15.6 Å². The lowest BCUT2D eigenvalue weighted by Crippen LogP contribution is -2.48. The molecule has 172 valence electrons. The van der Waals surface area contributed by atoms with E-state index in [4.69, 9.17) is 0 Å². The minimum atomic E-state index is -0.837. The number of carbonyl (C=O) groups excluding carboxylic acids is 1. The summed E-state index contributed by atoms with van der Waals surface area (Å²) in [5.41, 5.74) is 7.05. The Morgan fingerprint density at radius 2 is 0.647 bits per heavy atom. The van der Waals surface area contributed by atoms with Crippen molar-refractivity contribution in [3.8, 4) is 0 Å². The molecule has 4 rings (SSSR count). The van der Waals surface area contributed by atoms with Gasteiger partial charge in [-0.15, -0.1) is 0 Å². The van der Waals surface area contributed by atoms with E-state index in [-0.39, 0.29) is 5.78 Å². The molecule has 0 N–H and O–H groups in total. The third kappa shape index (κ3) is 3.70. The summed E-state index contributed by atoms with van der Waals surface area (Å²) in [5.74, 6) is 0.187. The highest BCUT2D eigenvalue weighted by Gasteiger charge is 2.50. The molecule has 0 atom stereocenters. The van der Waals surface area contributed by atoms with Crippen molar-refractivity contribution in [3.05, 3.63) is 142 Å². The van der Waals surface area contributed by atoms with E-state index in [1.54, 1.807) is 0 Å². The fraction of sp³-hybridized carbons (Fsp3) is 0.242. The lowest BCUT2D eigenvalue weighted by Gasteiger charge is -2.42. The number of hydrogen-bond donors (Lipinski definition) is 0. The third-order valence-electron chi connectivity index (χ3n) is 7.64. The van der Waals surface area contributed by atoms with Crippen LogP contribution >= 0.6 is 0 Å². The molecule has 4 aromatic carbocycles. The van der Waals surface area contributed by atoms with Crippen LogP contribution in [0.3, 0.4) is 0 Å². The maximum absolute atomic E-state index is 15.3. The second-order valence-corrected chi connectivity index (χ2v) is 9.84. The van der Waals surface area contributed by atoms with Crippen LogP contribution in [0.2, 0.25) is 0 Å². The third-order valence-corrected chi connectivity index (χ3v) is 7.64. The van der Waals surface area contributed by atoms with E-state index in [2.05, 4.69) is 90.1 Å². The predicted molar refractivity (Wildman–Crippen MR) is 143 cm³/mol. The average molecular weight is 447 g/mol. The largest absolute Gasteiger partial charge is 0.297 e. The Balaban J connectivity index is 2.11. The number of benzene rings is 4. The molecule has 0 aliphatic carbocycles. The van der Waals surface area contributed by atoms with Crippen LogP contribution in [0.15, 0.2) is 97.1 Å². The summed E-state index contributed by atoms with van der Waals surface area (Å²) in [5, 5.41) is 0. The van der Waals surface area contributed by atoms with Crippen molar-refractivity contribution in [1.29, 1.82) is 0 Å². The number of hydrogen-bond acceptors (Lipinski definition) is 1. The van der Waals surface area contributed by atoms with Gasteiger partial charge in [-0.25, -0.2) is 0 Å². The van der Waals surface area contributed by atoms with Crippen LogP contribution < -0.4 is 0 Å². The number of Topliss-reactive ketones (excluding diaryl/α,β-unsaturated/α-hetero) is 1. The van der Waals surface area contributed by atoms with E-state index in [0.717, 1.165) is 44.5 Å². The lowest BCUT2D eigenvalue weighted by molar-refractivity contribution is -0.126. The Morgan fingerprint density at radius 3 is 0.853 bits per heavy atom. The van der Waals surface area contributed by atoms with Gasteiger partial charge in [0.15, 0.2) is 5.78 Å². The highest BCUT2D eigenvalue weighted by atomic mass is 16.1. The quantitative estimate of drug-likeness (QED) is 0.295. The van der Waals surface area contributed by atoms with Crippen LogP contribution in [0.4, 0.5) is 0 Å². The van der Waals surface area contributed by atoms with E-state index in [1.165, 1.54) is 0 Å². The minimum Gasteiger partial charge on any atom is -0.297 e. The molecule has 0 radical (unpaired) electrons. The van der Waals surface area contributed by atoms with Gasteiger partial charge in [0.2, 0.25) is 0 Å². The second kappa shape index (κ2) is 9.06. The first-order valence-corrected chi connectivity index (χ1v) is 12.0. The van der Waals surface area contributed by atoms with Crippen molar-refractivity contribution >= 4 is 5.78 Å². The summed E-state index contributed by atoms with van der Waals surface area (Å²) in [7, 11) is 0. The van der Waals surface area contributed by atoms with Crippen molar-refractivity contribution < 1.29 is 4.79 Å². The Bertz CT molecular complexity index is 1150. The van der Waals surface area contributed by atoms with Crippen LogP contribution in [0.25, 0.3) is 0 Å². The maximum Gasteiger partial charge on any atom is 0.162 e. The van der Waals surface area contributed by atoms with Gasteiger partial charge in [0.05, 0.1) is 10.8 Å². The normalized spacial score (nSPS) is 11.9. The van der Waals surface area contributed by atoms with Crippen molar-refractivity contribution in [1.82, 2.24) is 0 Å². The summed E-state index contributed by atoms with van der Waals surface area (Å²) in [6.45, 7) is 12.7. The SMILES string of the molecule is Cc1ccccc1C(C)(C(=O)C(C)(c1ccccc1C)c1ccccc1C)c1ccccc1C. The summed E-state index contributed by atoms with van der Waals surface area (Å²) >= 11 is 0. The smallest absolute Gasteiger partial charge is 0.162 e. The highest BCUT2D eigenvalue weighted by Crippen LogP contribution is 2.47. The number of aryl methyl sites for hydroxylation is 4. The van der Waals surface area contributed by atoms with Crippen molar-refractivity contribution in [2.24, 2.45) is 0 Å². The molecule has 0 saturated heterocycles. The number of rotatable bonds is 6. The van der Waals surface area contributed by atoms with Gasteiger partial charge in [0.1, 0.15) is 0 Å². The van der Waals surface area contributed by atoms with Crippen LogP contribution in [0, 0.1) is 27.7 Å². The highest BCUT2D eigenvalue weighted by molar-refractivity contribution is 6.04. The first-order chi connectivity index (χ1) is 16.2. The molecular weight excluding hydrogens is 412 g/mol. The summed E-state index contributed by atoms with van der Waals surface area (Å²) in [4.78, 5) is 15.3. The molecule has 0 spiro atoms. The zero-order valence-corrected chi connectivity index (χ0v) is 21.1. The van der Waals surface area contributed by atoms with Gasteiger partial charge in [0, 0.05) is 0 Å². The van der Waals surface area contributed by atoms with Gasteiger partial charge >= 0.3 is 0 Å². The van der Waals surface area contributed by atoms with E-state index in [0.29, 0.717) is 0 Å². The van der Waals surface area contributed by atoms with E-state index in [1.807, 2.05) is 48.5 Å². The molecule has 0 amide bonds. The Morgan fingerprint density at radius 1 is 0.441 bits per heavy atom. The molecule has 0 aliphatic heterocycles. The van der Waals surface area contributed by atoms with Gasteiger partial charge in [-0.2, -0.15) is 0 Å². The number of carbonyl (C=O) groups is 1. The second-order valence-electron chi connectivity index (χ2n) is 9.84. The summed E-state index contributed by atoms with van der Waals surface area (Å²) in [6, 6.07) is 33.3. The van der Waals surface area contributed by atoms with E-state index < -0.39 is 10.8 Å². The first kappa shape index (κ1) is 23.7. The van der Waals surface area contributed by atoms with Crippen molar-refractivity contribution in [3.63, 3.8) is 0 Å². The van der Waals surface area contributed by atoms with E-state index in [9.17, 15) is 0 Å². The molecule has 1 heteroatoms. The standard InChI is InChI=1S/C33H34O/c1-23-15-7-11-19-27(23)32(5,28-20-12-8-16-24(28)2)31(34)33(6,29-21-13-9-17-25(29)3)30-22-14-10-18-26(30)4/h7-22H,1-6H3. The molecule has 0 aromatic heterocycles. The molecule has 0 bridgehead atoms. The fourth-order valence-electron chi connectivity index (χ4n) is 5.82. The molecular formula is C33H34O. The molecule has 4 aromatic rings. The molecule has 0 fully saturated rings. The predicted octanol–water partition coefficient (Wildman–Crippen LogP) is 7.80. The molecule has 0 aliphatic rings. The van der Waals surface area contributed by atoms with Gasteiger partial charge in [-0.3, -0.25) is 4.79 Å². The average Bonchev–Trinajstić information content (AvgIpc) is 2.84. The van der Waals surface area contributed by atoms with Gasteiger partial charge in [-0.1, -0.05) is 97.1 Å². The van der Waals surface area contributed by atoms with Crippen LogP contribution in [0.1, 0.15) is 58.4 Å². The molecule has 34 heavy (non-hydrogen) atoms. The first-order valence-electron chi connectivity index (χ1n) is 12.0. The monoisotopic (exact) mass is 446 g/mol. The lowest BCUT2D eigenvalue weighted by atomic mass is 9.58. The molecule has 0 heterocycles. The summed E-state index contributed by atoms with van der Waals surface area (Å²) in [6.07, 6.45) is 0. The molecule has 0 saturated carbocycles. The zero-order chi connectivity index (χ0) is 24.5. The van der Waals surface area contributed by atoms with E-state index >= 15 is 4.79 Å². The Hall–Kier alpha value is -3.45. The zero-order valence-electron chi connectivity index (χ0n) is 21.1. The topological polar surface area (TPSA) is 17.1 Å². The fourth-order valence-corrected chi connectivity index (χ4v) is 5.82. The van der Waals surface area contributed by atoms with Gasteiger partial charge < -0.3 is 0 Å². The Kier molecular flexibility index (Phi) is 6.32. The van der Waals surface area contributed by atoms with Crippen LogP contribution in [-0.4, -0.2) is 5.78 Å². The van der Waals surface area contributed by atoms with Crippen molar-refractivity contribution in [2.45, 2.75) is 52.4 Å². The minimum absolute atomic E-state index is 0.187. The van der Waals surface area contributed by atoms with Gasteiger partial charge in [-0.05, 0) is 86.1 Å². The summed E-state index contributed by atoms with van der Waals surface area (Å²) < 4.78 is 0. The molecule has 0 unspecified atom stereocenters. The molecule has 1 nitrogen and oxygen atoms in total. The van der Waals surface area contributed by atoms with Crippen molar-refractivity contribution in [2.75, 3.05) is 0 Å². The number of ketones is 1. The maximum atomic E-state index is 15.3. The van der Waals surface area contributed by atoms with Crippen LogP contribution in [0.5, 0.6) is 0 Å².